The van der Waals surface area contributed by atoms with Crippen LogP contribution in [0.4, 0.5) is 5.82 Å². The van der Waals surface area contributed by atoms with Crippen LogP contribution in [-0.4, -0.2) is 20.0 Å². The van der Waals surface area contributed by atoms with Crippen LogP contribution < -0.4 is 10.5 Å². The van der Waals surface area contributed by atoms with E-state index in [9.17, 15) is 0 Å². The summed E-state index contributed by atoms with van der Waals surface area (Å²) in [5.74, 6) is 1.28. The molecule has 6 nitrogen and oxygen atoms in total. The van der Waals surface area contributed by atoms with Gasteiger partial charge in [-0.2, -0.15) is 15.0 Å². The minimum Gasteiger partial charge on any atom is -0.489 e. The number of rotatable bonds is 6. The molecule has 2 aromatic heterocycles. The van der Waals surface area contributed by atoms with Crippen LogP contribution in [0.15, 0.2) is 79.1 Å². The topological polar surface area (TPSA) is 78.8 Å². The van der Waals surface area contributed by atoms with Gasteiger partial charge in [0.1, 0.15) is 23.9 Å². The first-order valence-corrected chi connectivity index (χ1v) is 8.64. The number of hydrogen-bond donors (Lipinski definition) is 1. The first-order chi connectivity index (χ1) is 13.3. The molecule has 0 amide bonds. The van der Waals surface area contributed by atoms with Crippen molar-refractivity contribution in [3.05, 3.63) is 90.3 Å². The summed E-state index contributed by atoms with van der Waals surface area (Å²) in [7, 11) is 0. The molecule has 2 N–H and O–H groups in total. The molecule has 2 heterocycles. The average molecular weight is 357 g/mol. The molecule has 6 heteroatoms. The van der Waals surface area contributed by atoms with Crippen LogP contribution in [0.3, 0.4) is 0 Å². The second-order valence-corrected chi connectivity index (χ2v) is 6.11. The van der Waals surface area contributed by atoms with Crippen molar-refractivity contribution in [2.75, 3.05) is 5.73 Å². The van der Waals surface area contributed by atoms with Crippen molar-refractivity contribution in [3.8, 4) is 17.0 Å². The Hall–Kier alpha value is -3.67. The van der Waals surface area contributed by atoms with Crippen LogP contribution in [0.5, 0.6) is 5.75 Å². The van der Waals surface area contributed by atoms with Crippen molar-refractivity contribution in [2.45, 2.75) is 13.2 Å². The van der Waals surface area contributed by atoms with Gasteiger partial charge in [0.2, 0.25) is 0 Å². The number of benzene rings is 2. The molecule has 0 saturated carbocycles. The number of hydrogen-bond acceptors (Lipinski definition) is 5. The largest absolute Gasteiger partial charge is 0.489 e. The lowest BCUT2D eigenvalue weighted by Crippen LogP contribution is -2.04. The highest BCUT2D eigenvalue weighted by molar-refractivity contribution is 5.69. The summed E-state index contributed by atoms with van der Waals surface area (Å²) >= 11 is 0. The first-order valence-electron chi connectivity index (χ1n) is 8.64. The Balaban J connectivity index is 1.39. The van der Waals surface area contributed by atoms with Crippen molar-refractivity contribution in [3.63, 3.8) is 0 Å². The van der Waals surface area contributed by atoms with E-state index in [1.54, 1.807) is 17.2 Å². The van der Waals surface area contributed by atoms with Crippen molar-refractivity contribution >= 4 is 5.82 Å². The van der Waals surface area contributed by atoms with Gasteiger partial charge in [0, 0.05) is 11.8 Å². The molecule has 0 fully saturated rings. The quantitative estimate of drug-likeness (QED) is 0.571. The van der Waals surface area contributed by atoms with Gasteiger partial charge in [-0.3, -0.25) is 0 Å². The van der Waals surface area contributed by atoms with Gasteiger partial charge in [-0.1, -0.05) is 42.5 Å². The standard InChI is InChI=1S/C21H19N5O/c22-21-19(7-4-12-23-21)20-13-24-26(25-20)14-16-8-10-18(11-9-16)27-15-17-5-2-1-3-6-17/h1-13H,14-15H2,(H2,22,23). The maximum Gasteiger partial charge on any atom is 0.132 e. The lowest BCUT2D eigenvalue weighted by atomic mass is 10.2. The highest BCUT2D eigenvalue weighted by atomic mass is 16.5. The highest BCUT2D eigenvalue weighted by Gasteiger charge is 2.08. The smallest absolute Gasteiger partial charge is 0.132 e. The molecule has 0 aliphatic rings. The molecule has 27 heavy (non-hydrogen) atoms. The van der Waals surface area contributed by atoms with E-state index in [2.05, 4.69) is 15.2 Å². The maximum absolute atomic E-state index is 5.90. The van der Waals surface area contributed by atoms with Crippen LogP contribution in [0.25, 0.3) is 11.3 Å². The van der Waals surface area contributed by atoms with Gasteiger partial charge in [0.05, 0.1) is 12.7 Å². The normalized spacial score (nSPS) is 10.7. The van der Waals surface area contributed by atoms with Gasteiger partial charge >= 0.3 is 0 Å². The van der Waals surface area contributed by atoms with Gasteiger partial charge in [-0.15, -0.1) is 0 Å². The second-order valence-electron chi connectivity index (χ2n) is 6.11. The Bertz CT molecular complexity index is 1010. The molecule has 2 aromatic carbocycles. The predicted molar refractivity (Wildman–Crippen MR) is 104 cm³/mol. The fourth-order valence-electron chi connectivity index (χ4n) is 2.73. The molecule has 0 saturated heterocycles. The minimum atomic E-state index is 0.449. The van der Waals surface area contributed by atoms with E-state index >= 15 is 0 Å². The summed E-state index contributed by atoms with van der Waals surface area (Å²) < 4.78 is 5.81. The highest BCUT2D eigenvalue weighted by Crippen LogP contribution is 2.21. The molecule has 0 spiro atoms. The fraction of sp³-hybridized carbons (Fsp3) is 0.0952. The van der Waals surface area contributed by atoms with Crippen molar-refractivity contribution in [1.29, 1.82) is 0 Å². The van der Waals surface area contributed by atoms with E-state index < -0.39 is 0 Å². The van der Waals surface area contributed by atoms with Crippen LogP contribution in [0, 0.1) is 0 Å². The van der Waals surface area contributed by atoms with Crippen molar-refractivity contribution < 1.29 is 4.74 Å². The Morgan fingerprint density at radius 1 is 0.889 bits per heavy atom. The number of aromatic nitrogens is 4. The van der Waals surface area contributed by atoms with Crippen LogP contribution in [0.2, 0.25) is 0 Å². The van der Waals surface area contributed by atoms with Crippen LogP contribution in [0.1, 0.15) is 11.1 Å². The summed E-state index contributed by atoms with van der Waals surface area (Å²) in [6, 6.07) is 21.8. The summed E-state index contributed by atoms with van der Waals surface area (Å²) in [5.41, 5.74) is 9.63. The molecule has 134 valence electrons. The van der Waals surface area contributed by atoms with Gasteiger partial charge in [-0.25, -0.2) is 4.98 Å². The number of nitrogens with zero attached hydrogens (tertiary/aromatic N) is 4. The third kappa shape index (κ3) is 4.12. The Labute approximate surface area is 157 Å². The van der Waals surface area contributed by atoms with E-state index in [-0.39, 0.29) is 0 Å². The molecular formula is C21H19N5O. The zero-order chi connectivity index (χ0) is 18.5. The van der Waals surface area contributed by atoms with E-state index in [0.717, 1.165) is 22.4 Å². The van der Waals surface area contributed by atoms with E-state index in [1.807, 2.05) is 66.7 Å². The molecule has 4 rings (SSSR count). The summed E-state index contributed by atoms with van der Waals surface area (Å²) in [6.45, 7) is 1.12. The summed E-state index contributed by atoms with van der Waals surface area (Å²) in [5, 5.41) is 8.81. The third-order valence-corrected chi connectivity index (χ3v) is 4.15. The van der Waals surface area contributed by atoms with Gasteiger partial charge < -0.3 is 10.5 Å². The molecule has 0 aliphatic heterocycles. The Morgan fingerprint density at radius 3 is 2.48 bits per heavy atom. The molecule has 0 aliphatic carbocycles. The molecule has 0 atom stereocenters. The van der Waals surface area contributed by atoms with Gasteiger partial charge in [0.15, 0.2) is 0 Å². The predicted octanol–water partition coefficient (Wildman–Crippen LogP) is 3.55. The van der Waals surface area contributed by atoms with Crippen LogP contribution >= 0.6 is 0 Å². The lowest BCUT2D eigenvalue weighted by Gasteiger charge is -2.07. The molecular weight excluding hydrogens is 338 g/mol. The fourth-order valence-corrected chi connectivity index (χ4v) is 2.73. The summed E-state index contributed by atoms with van der Waals surface area (Å²) in [6.07, 6.45) is 3.36. The van der Waals surface area contributed by atoms with Crippen molar-refractivity contribution in [2.24, 2.45) is 0 Å². The maximum atomic E-state index is 5.90. The van der Waals surface area contributed by atoms with Gasteiger partial charge in [-0.05, 0) is 35.4 Å². The Kier molecular flexibility index (Phi) is 4.78. The Morgan fingerprint density at radius 2 is 1.70 bits per heavy atom. The lowest BCUT2D eigenvalue weighted by molar-refractivity contribution is 0.306. The molecule has 4 aromatic rings. The molecule has 0 radical (unpaired) electrons. The zero-order valence-electron chi connectivity index (χ0n) is 14.7. The van der Waals surface area contributed by atoms with E-state index in [0.29, 0.717) is 24.7 Å². The molecule has 0 unspecified atom stereocenters. The number of nitrogens with two attached hydrogens (primary N) is 1. The van der Waals surface area contributed by atoms with Gasteiger partial charge in [0.25, 0.3) is 0 Å². The number of pyridine rings is 1. The number of nitrogen functional groups attached to an aromatic ring is 1. The SMILES string of the molecule is Nc1ncccc1-c1cnn(Cc2ccc(OCc3ccccc3)cc2)n1. The van der Waals surface area contributed by atoms with E-state index in [4.69, 9.17) is 10.5 Å². The zero-order valence-corrected chi connectivity index (χ0v) is 14.7. The number of ether oxygens (including phenoxy) is 1. The van der Waals surface area contributed by atoms with E-state index in [1.165, 1.54) is 0 Å². The van der Waals surface area contributed by atoms with Crippen molar-refractivity contribution in [1.82, 2.24) is 20.0 Å². The minimum absolute atomic E-state index is 0.449. The third-order valence-electron chi connectivity index (χ3n) is 4.15. The average Bonchev–Trinajstić information content (AvgIpc) is 3.17. The molecule has 0 bridgehead atoms. The number of anilines is 1. The monoisotopic (exact) mass is 357 g/mol. The first kappa shape index (κ1) is 16.8. The summed E-state index contributed by atoms with van der Waals surface area (Å²) in [4.78, 5) is 5.73. The van der Waals surface area contributed by atoms with Crippen LogP contribution in [-0.2, 0) is 13.2 Å². The second kappa shape index (κ2) is 7.70.